The van der Waals surface area contributed by atoms with E-state index in [0.717, 1.165) is 30.3 Å². The number of benzene rings is 1. The van der Waals surface area contributed by atoms with Crippen molar-refractivity contribution < 1.29 is 14.3 Å². The fourth-order valence-corrected chi connectivity index (χ4v) is 3.26. The molecule has 2 heterocycles. The summed E-state index contributed by atoms with van der Waals surface area (Å²) < 4.78 is 10.7. The van der Waals surface area contributed by atoms with Crippen LogP contribution in [0.25, 0.3) is 0 Å². The molecule has 0 spiro atoms. The van der Waals surface area contributed by atoms with E-state index in [1.807, 2.05) is 36.4 Å². The first-order valence-electron chi connectivity index (χ1n) is 9.42. The summed E-state index contributed by atoms with van der Waals surface area (Å²) in [6.07, 6.45) is 4.16. The second kappa shape index (κ2) is 9.26. The molecule has 1 unspecified atom stereocenters. The molecular weight excluding hydrogens is 342 g/mol. The highest BCUT2D eigenvalue weighted by Gasteiger charge is 2.18. The van der Waals surface area contributed by atoms with Gasteiger partial charge < -0.3 is 19.7 Å². The summed E-state index contributed by atoms with van der Waals surface area (Å²) >= 11 is 0. The Labute approximate surface area is 160 Å². The number of carbonyl (C=O) groups is 1. The predicted molar refractivity (Wildman–Crippen MR) is 106 cm³/mol. The molecule has 27 heavy (non-hydrogen) atoms. The van der Waals surface area contributed by atoms with Gasteiger partial charge in [0.15, 0.2) is 0 Å². The number of hydrogen-bond acceptors (Lipinski definition) is 5. The Balaban J connectivity index is 1.48. The molecule has 6 heteroatoms. The lowest BCUT2D eigenvalue weighted by molar-refractivity contribution is 0.0942. The van der Waals surface area contributed by atoms with Gasteiger partial charge in [-0.1, -0.05) is 6.92 Å². The number of nitrogens with zero attached hydrogens (tertiary/aromatic N) is 2. The largest absolute Gasteiger partial charge is 0.497 e. The Morgan fingerprint density at radius 1 is 1.26 bits per heavy atom. The Morgan fingerprint density at radius 2 is 2.04 bits per heavy atom. The van der Waals surface area contributed by atoms with Crippen LogP contribution in [-0.4, -0.2) is 44.2 Å². The van der Waals surface area contributed by atoms with Crippen LogP contribution in [0.2, 0.25) is 0 Å². The molecule has 1 amide bonds. The summed E-state index contributed by atoms with van der Waals surface area (Å²) in [7, 11) is 1.63. The normalized spacial score (nSPS) is 16.7. The number of anilines is 1. The second-order valence-corrected chi connectivity index (χ2v) is 6.87. The molecule has 0 saturated carbocycles. The Hall–Kier alpha value is -2.76. The van der Waals surface area contributed by atoms with E-state index < -0.39 is 0 Å². The smallest absolute Gasteiger partial charge is 0.270 e. The average molecular weight is 369 g/mol. The number of ether oxygens (including phenoxy) is 2. The Morgan fingerprint density at radius 3 is 2.78 bits per heavy atom. The lowest BCUT2D eigenvalue weighted by Crippen LogP contribution is -2.34. The van der Waals surface area contributed by atoms with Gasteiger partial charge in [-0.3, -0.25) is 9.78 Å². The fraction of sp³-hybridized carbons (Fsp3) is 0.429. The molecule has 1 aliphatic heterocycles. The lowest BCUT2D eigenvalue weighted by Gasteiger charge is -2.32. The van der Waals surface area contributed by atoms with Crippen molar-refractivity contribution in [2.45, 2.75) is 19.8 Å². The molecule has 1 atom stereocenters. The molecule has 3 rings (SSSR count). The van der Waals surface area contributed by atoms with E-state index in [0.29, 0.717) is 24.8 Å². The van der Waals surface area contributed by atoms with Gasteiger partial charge in [0.25, 0.3) is 5.91 Å². The van der Waals surface area contributed by atoms with Crippen molar-refractivity contribution in [3.05, 3.63) is 48.3 Å². The van der Waals surface area contributed by atoms with Crippen molar-refractivity contribution in [2.24, 2.45) is 5.92 Å². The summed E-state index contributed by atoms with van der Waals surface area (Å²) in [6, 6.07) is 11.2. The van der Waals surface area contributed by atoms with Crippen LogP contribution in [0.4, 0.5) is 5.69 Å². The number of aromatic nitrogens is 1. The SMILES string of the molecule is COc1ccc(OCCNC(=O)c2cc(N3CCCC(C)C3)ccn2)cc1. The first-order valence-corrected chi connectivity index (χ1v) is 9.42. The molecule has 1 saturated heterocycles. The van der Waals surface area contributed by atoms with E-state index in [1.165, 1.54) is 12.8 Å². The number of piperidine rings is 1. The number of carbonyl (C=O) groups excluding carboxylic acids is 1. The standard InChI is InChI=1S/C21H27N3O3/c1-16-4-3-12-24(15-16)17-9-10-22-20(14-17)21(25)23-11-13-27-19-7-5-18(26-2)6-8-19/h5-10,14,16H,3-4,11-13,15H2,1-2H3,(H,23,25). The van der Waals surface area contributed by atoms with Crippen molar-refractivity contribution in [2.75, 3.05) is 38.3 Å². The number of pyridine rings is 1. The molecule has 0 radical (unpaired) electrons. The molecule has 144 valence electrons. The maximum atomic E-state index is 12.4. The molecule has 2 aromatic rings. The summed E-state index contributed by atoms with van der Waals surface area (Å²) in [5, 5.41) is 2.86. The van der Waals surface area contributed by atoms with Crippen molar-refractivity contribution in [1.29, 1.82) is 0 Å². The van der Waals surface area contributed by atoms with Crippen LogP contribution < -0.4 is 19.7 Å². The van der Waals surface area contributed by atoms with Gasteiger partial charge in [0, 0.05) is 25.0 Å². The summed E-state index contributed by atoms with van der Waals surface area (Å²) in [5.41, 5.74) is 1.51. The number of hydrogen-bond donors (Lipinski definition) is 1. The van der Waals surface area contributed by atoms with Gasteiger partial charge in [-0.2, -0.15) is 0 Å². The zero-order valence-corrected chi connectivity index (χ0v) is 16.0. The van der Waals surface area contributed by atoms with Crippen LogP contribution in [-0.2, 0) is 0 Å². The van der Waals surface area contributed by atoms with E-state index in [2.05, 4.69) is 22.1 Å². The minimum Gasteiger partial charge on any atom is -0.497 e. The number of nitrogens with one attached hydrogen (secondary N) is 1. The lowest BCUT2D eigenvalue weighted by atomic mass is 10.00. The van der Waals surface area contributed by atoms with Gasteiger partial charge in [0.1, 0.15) is 23.8 Å². The van der Waals surface area contributed by atoms with Crippen LogP contribution in [0.1, 0.15) is 30.3 Å². The monoisotopic (exact) mass is 369 g/mol. The van der Waals surface area contributed by atoms with Gasteiger partial charge in [-0.15, -0.1) is 0 Å². The third-order valence-corrected chi connectivity index (χ3v) is 4.71. The molecule has 0 bridgehead atoms. The summed E-state index contributed by atoms with van der Waals surface area (Å²) in [5.74, 6) is 2.02. The first-order chi connectivity index (χ1) is 13.2. The average Bonchev–Trinajstić information content (AvgIpc) is 2.71. The minimum absolute atomic E-state index is 0.180. The van der Waals surface area contributed by atoms with Crippen LogP contribution in [0, 0.1) is 5.92 Å². The van der Waals surface area contributed by atoms with Gasteiger partial charge >= 0.3 is 0 Å². The van der Waals surface area contributed by atoms with E-state index >= 15 is 0 Å². The number of rotatable bonds is 7. The topological polar surface area (TPSA) is 63.7 Å². The zero-order chi connectivity index (χ0) is 19.1. The molecule has 1 N–H and O–H groups in total. The zero-order valence-electron chi connectivity index (χ0n) is 16.0. The highest BCUT2D eigenvalue weighted by Crippen LogP contribution is 2.23. The maximum Gasteiger partial charge on any atom is 0.270 e. The third-order valence-electron chi connectivity index (χ3n) is 4.71. The number of amides is 1. The van der Waals surface area contributed by atoms with Gasteiger partial charge in [-0.25, -0.2) is 0 Å². The van der Waals surface area contributed by atoms with Crippen LogP contribution in [0.5, 0.6) is 11.5 Å². The van der Waals surface area contributed by atoms with E-state index in [4.69, 9.17) is 9.47 Å². The fourth-order valence-electron chi connectivity index (χ4n) is 3.26. The molecule has 1 aromatic heterocycles. The van der Waals surface area contributed by atoms with Crippen molar-refractivity contribution >= 4 is 11.6 Å². The molecular formula is C21H27N3O3. The highest BCUT2D eigenvalue weighted by molar-refractivity contribution is 5.93. The Kier molecular flexibility index (Phi) is 6.52. The van der Waals surface area contributed by atoms with Crippen molar-refractivity contribution in [3.63, 3.8) is 0 Å². The summed E-state index contributed by atoms with van der Waals surface area (Å²) in [6.45, 7) is 5.13. The van der Waals surface area contributed by atoms with Crippen molar-refractivity contribution in [3.8, 4) is 11.5 Å². The van der Waals surface area contributed by atoms with Gasteiger partial charge in [-0.05, 0) is 55.2 Å². The molecule has 1 aliphatic rings. The third kappa shape index (κ3) is 5.36. The Bertz CT molecular complexity index is 749. The highest BCUT2D eigenvalue weighted by atomic mass is 16.5. The van der Waals surface area contributed by atoms with Gasteiger partial charge in [0.05, 0.1) is 13.7 Å². The van der Waals surface area contributed by atoms with Crippen LogP contribution in [0.3, 0.4) is 0 Å². The number of methoxy groups -OCH3 is 1. The predicted octanol–water partition coefficient (Wildman–Crippen LogP) is 3.14. The molecule has 0 aliphatic carbocycles. The molecule has 1 aromatic carbocycles. The molecule has 1 fully saturated rings. The minimum atomic E-state index is -0.180. The first kappa shape index (κ1) is 19.0. The van der Waals surface area contributed by atoms with Gasteiger partial charge in [0.2, 0.25) is 0 Å². The van der Waals surface area contributed by atoms with E-state index in [1.54, 1.807) is 13.3 Å². The second-order valence-electron chi connectivity index (χ2n) is 6.87. The van der Waals surface area contributed by atoms with E-state index in [9.17, 15) is 4.79 Å². The van der Waals surface area contributed by atoms with Crippen LogP contribution in [0.15, 0.2) is 42.6 Å². The van der Waals surface area contributed by atoms with E-state index in [-0.39, 0.29) is 5.91 Å². The van der Waals surface area contributed by atoms with Crippen LogP contribution >= 0.6 is 0 Å². The maximum absolute atomic E-state index is 12.4. The summed E-state index contributed by atoms with van der Waals surface area (Å²) in [4.78, 5) is 18.9. The quantitative estimate of drug-likeness (QED) is 0.760. The van der Waals surface area contributed by atoms with Crippen molar-refractivity contribution in [1.82, 2.24) is 10.3 Å². The molecule has 6 nitrogen and oxygen atoms in total.